The maximum absolute atomic E-state index is 12.3. The zero-order chi connectivity index (χ0) is 15.5. The molecule has 0 unspecified atom stereocenters. The number of nitrogens with two attached hydrogens (primary N) is 1. The van der Waals surface area contributed by atoms with Crippen LogP contribution < -0.4 is 10.5 Å². The van der Waals surface area contributed by atoms with Crippen LogP contribution in [0.3, 0.4) is 0 Å². The van der Waals surface area contributed by atoms with E-state index in [1.165, 1.54) is 17.4 Å². The summed E-state index contributed by atoms with van der Waals surface area (Å²) < 4.78 is 27.0. The maximum Gasteiger partial charge on any atom is 0.263 e. The molecule has 2 rings (SSSR count). The van der Waals surface area contributed by atoms with Gasteiger partial charge < -0.3 is 5.73 Å². The van der Waals surface area contributed by atoms with Gasteiger partial charge in [0, 0.05) is 13.0 Å². The Morgan fingerprint density at radius 2 is 2.10 bits per heavy atom. The lowest BCUT2D eigenvalue weighted by Crippen LogP contribution is -2.13. The molecule has 6 nitrogen and oxygen atoms in total. The lowest BCUT2D eigenvalue weighted by atomic mass is 10.1. The van der Waals surface area contributed by atoms with Crippen LogP contribution in [-0.2, 0) is 23.0 Å². The molecule has 0 spiro atoms. The number of anilines is 1. The van der Waals surface area contributed by atoms with Gasteiger partial charge in [0.15, 0.2) is 0 Å². The van der Waals surface area contributed by atoms with Gasteiger partial charge in [-0.25, -0.2) is 8.42 Å². The van der Waals surface area contributed by atoms with Crippen LogP contribution in [-0.4, -0.2) is 18.6 Å². The van der Waals surface area contributed by atoms with E-state index in [2.05, 4.69) is 28.8 Å². The van der Waals surface area contributed by atoms with Gasteiger partial charge in [0.1, 0.15) is 5.01 Å². The Kier molecular flexibility index (Phi) is 4.92. The van der Waals surface area contributed by atoms with Gasteiger partial charge in [-0.2, -0.15) is 0 Å². The van der Waals surface area contributed by atoms with Crippen molar-refractivity contribution >= 4 is 26.5 Å². The van der Waals surface area contributed by atoms with E-state index in [-0.39, 0.29) is 10.0 Å². The molecular formula is C13H18N4O2S2. The van der Waals surface area contributed by atoms with Crippen LogP contribution in [0, 0.1) is 5.92 Å². The number of nitrogens with one attached hydrogen (secondary N) is 1. The molecule has 8 heteroatoms. The van der Waals surface area contributed by atoms with E-state index in [4.69, 9.17) is 5.73 Å². The topological polar surface area (TPSA) is 98.0 Å². The van der Waals surface area contributed by atoms with E-state index in [0.717, 1.165) is 17.0 Å². The SMILES string of the molecule is CC(C)Cc1nnc(NS(=O)(=O)c2cccc(CN)c2)s1. The number of rotatable bonds is 6. The van der Waals surface area contributed by atoms with Crippen LogP contribution in [0.2, 0.25) is 0 Å². The summed E-state index contributed by atoms with van der Waals surface area (Å²) in [5.74, 6) is 0.448. The van der Waals surface area contributed by atoms with Crippen molar-refractivity contribution in [2.75, 3.05) is 4.72 Å². The van der Waals surface area contributed by atoms with E-state index >= 15 is 0 Å². The monoisotopic (exact) mass is 326 g/mol. The van der Waals surface area contributed by atoms with E-state index in [1.807, 2.05) is 0 Å². The molecule has 0 aliphatic carbocycles. The third-order valence-electron chi connectivity index (χ3n) is 2.72. The fourth-order valence-corrected chi connectivity index (χ4v) is 3.99. The highest BCUT2D eigenvalue weighted by Crippen LogP contribution is 2.22. The van der Waals surface area contributed by atoms with Crippen LogP contribution in [0.1, 0.15) is 24.4 Å². The molecule has 0 fully saturated rings. The van der Waals surface area contributed by atoms with E-state index in [9.17, 15) is 8.42 Å². The summed E-state index contributed by atoms with van der Waals surface area (Å²) in [7, 11) is -3.66. The zero-order valence-electron chi connectivity index (χ0n) is 11.9. The minimum Gasteiger partial charge on any atom is -0.326 e. The van der Waals surface area contributed by atoms with Gasteiger partial charge in [0.25, 0.3) is 10.0 Å². The second-order valence-electron chi connectivity index (χ2n) is 5.06. The van der Waals surface area contributed by atoms with Gasteiger partial charge in [0.2, 0.25) is 5.13 Å². The number of aromatic nitrogens is 2. The Morgan fingerprint density at radius 1 is 1.33 bits per heavy atom. The average Bonchev–Trinajstić information content (AvgIpc) is 2.84. The first-order valence-electron chi connectivity index (χ1n) is 6.55. The van der Waals surface area contributed by atoms with Gasteiger partial charge in [0.05, 0.1) is 4.90 Å². The zero-order valence-corrected chi connectivity index (χ0v) is 13.5. The molecule has 0 aliphatic rings. The lowest BCUT2D eigenvalue weighted by Gasteiger charge is -2.06. The number of hydrogen-bond donors (Lipinski definition) is 2. The van der Waals surface area contributed by atoms with Gasteiger partial charge in [-0.1, -0.05) is 37.3 Å². The van der Waals surface area contributed by atoms with Crippen molar-refractivity contribution in [3.05, 3.63) is 34.8 Å². The Labute approximate surface area is 128 Å². The van der Waals surface area contributed by atoms with Gasteiger partial charge in [-0.3, -0.25) is 4.72 Å². The lowest BCUT2D eigenvalue weighted by molar-refractivity contribution is 0.601. The van der Waals surface area contributed by atoms with Crippen molar-refractivity contribution in [2.45, 2.75) is 31.7 Å². The molecular weight excluding hydrogens is 308 g/mol. The van der Waals surface area contributed by atoms with E-state index in [1.54, 1.807) is 18.2 Å². The summed E-state index contributed by atoms with van der Waals surface area (Å²) in [6.45, 7) is 4.44. The van der Waals surface area contributed by atoms with E-state index in [0.29, 0.717) is 12.5 Å². The van der Waals surface area contributed by atoms with Crippen molar-refractivity contribution < 1.29 is 8.42 Å². The van der Waals surface area contributed by atoms with Crippen LogP contribution in [0.4, 0.5) is 5.13 Å². The van der Waals surface area contributed by atoms with Crippen LogP contribution >= 0.6 is 11.3 Å². The normalized spacial score (nSPS) is 11.8. The number of benzene rings is 1. The summed E-state index contributed by atoms with van der Waals surface area (Å²) in [4.78, 5) is 0.172. The number of nitrogens with zero attached hydrogens (tertiary/aromatic N) is 2. The minimum atomic E-state index is -3.66. The number of hydrogen-bond acceptors (Lipinski definition) is 6. The van der Waals surface area contributed by atoms with E-state index < -0.39 is 10.0 Å². The molecule has 114 valence electrons. The van der Waals surface area contributed by atoms with Crippen LogP contribution in [0.5, 0.6) is 0 Å². The third-order valence-corrected chi connectivity index (χ3v) is 5.04. The summed E-state index contributed by atoms with van der Waals surface area (Å²) >= 11 is 1.26. The Balaban J connectivity index is 2.18. The predicted molar refractivity (Wildman–Crippen MR) is 83.6 cm³/mol. The molecule has 0 bridgehead atoms. The van der Waals surface area contributed by atoms with Crippen molar-refractivity contribution in [1.82, 2.24) is 10.2 Å². The molecule has 0 amide bonds. The van der Waals surface area contributed by atoms with Gasteiger partial charge in [-0.05, 0) is 23.6 Å². The molecule has 1 heterocycles. The fourth-order valence-electron chi connectivity index (χ4n) is 1.74. The molecule has 2 aromatic rings. The molecule has 21 heavy (non-hydrogen) atoms. The van der Waals surface area contributed by atoms with Gasteiger partial charge >= 0.3 is 0 Å². The van der Waals surface area contributed by atoms with Crippen molar-refractivity contribution in [2.24, 2.45) is 11.7 Å². The molecule has 0 saturated heterocycles. The van der Waals surface area contributed by atoms with Gasteiger partial charge in [-0.15, -0.1) is 10.2 Å². The smallest absolute Gasteiger partial charge is 0.263 e. The Hall–Kier alpha value is -1.51. The molecule has 1 aromatic heterocycles. The average molecular weight is 326 g/mol. The first kappa shape index (κ1) is 15.9. The summed E-state index contributed by atoms with van der Waals surface area (Å²) in [5, 5.41) is 8.96. The summed E-state index contributed by atoms with van der Waals surface area (Å²) in [6, 6.07) is 6.53. The molecule has 0 aliphatic heterocycles. The Morgan fingerprint density at radius 3 is 2.76 bits per heavy atom. The highest BCUT2D eigenvalue weighted by atomic mass is 32.2. The molecule has 1 aromatic carbocycles. The van der Waals surface area contributed by atoms with Crippen molar-refractivity contribution in [1.29, 1.82) is 0 Å². The molecule has 0 radical (unpaired) electrons. The molecule has 0 saturated carbocycles. The second-order valence-corrected chi connectivity index (χ2v) is 7.80. The predicted octanol–water partition coefficient (Wildman–Crippen LogP) is 2.00. The van der Waals surface area contributed by atoms with Crippen molar-refractivity contribution in [3.63, 3.8) is 0 Å². The second kappa shape index (κ2) is 6.50. The highest BCUT2D eigenvalue weighted by Gasteiger charge is 2.17. The van der Waals surface area contributed by atoms with Crippen LogP contribution in [0.25, 0.3) is 0 Å². The fraction of sp³-hybridized carbons (Fsp3) is 0.385. The number of sulfonamides is 1. The quantitative estimate of drug-likeness (QED) is 0.846. The first-order valence-corrected chi connectivity index (χ1v) is 8.85. The minimum absolute atomic E-state index is 0.172. The largest absolute Gasteiger partial charge is 0.326 e. The first-order chi connectivity index (χ1) is 9.90. The summed E-state index contributed by atoms with van der Waals surface area (Å²) in [6.07, 6.45) is 0.780. The van der Waals surface area contributed by atoms with Crippen LogP contribution in [0.15, 0.2) is 29.2 Å². The molecule has 0 atom stereocenters. The highest BCUT2D eigenvalue weighted by molar-refractivity contribution is 7.93. The summed E-state index contributed by atoms with van der Waals surface area (Å²) in [5.41, 5.74) is 6.29. The van der Waals surface area contributed by atoms with Crippen molar-refractivity contribution in [3.8, 4) is 0 Å². The standard InChI is InChI=1S/C13H18N4O2S2/c1-9(2)6-12-15-16-13(20-12)17-21(18,19)11-5-3-4-10(7-11)8-14/h3-5,7,9H,6,8,14H2,1-2H3,(H,16,17). The maximum atomic E-state index is 12.3. The third kappa shape index (κ3) is 4.23. The Bertz CT molecular complexity index is 710. The molecule has 3 N–H and O–H groups in total.